The van der Waals surface area contributed by atoms with Crippen LogP contribution in [-0.2, 0) is 28.1 Å². The van der Waals surface area contributed by atoms with E-state index in [1.165, 1.54) is 4.90 Å². The van der Waals surface area contributed by atoms with Crippen LogP contribution in [-0.4, -0.2) is 54.3 Å². The smallest absolute Gasteiger partial charge is 0.412 e. The van der Waals surface area contributed by atoms with E-state index in [0.29, 0.717) is 12.8 Å². The molecular formula is C12H18ClNO8P2. The molecule has 12 heteroatoms. The summed E-state index contributed by atoms with van der Waals surface area (Å²) in [6.45, 7) is 1.11. The number of rotatable bonds is 12. The van der Waals surface area contributed by atoms with Crippen molar-refractivity contribution in [1.29, 1.82) is 0 Å². The predicted octanol–water partition coefficient (Wildman–Crippen LogP) is 3.40. The second-order valence-corrected chi connectivity index (χ2v) is 6.69. The maximum Gasteiger partial charge on any atom is 0.412 e. The molecule has 24 heavy (non-hydrogen) atoms. The monoisotopic (exact) mass is 401 g/mol. The van der Waals surface area contributed by atoms with Crippen molar-refractivity contribution in [2.45, 2.75) is 31.6 Å². The largest absolute Gasteiger partial charge is 0.452 e. The number of carbonyl (C=O) groups is 3. The third kappa shape index (κ3) is 11.3. The first kappa shape index (κ1) is 22.7. The summed E-state index contributed by atoms with van der Waals surface area (Å²) < 4.78 is 35.3. The maximum absolute atomic E-state index is 11.9. The minimum absolute atomic E-state index is 0.00780. The van der Waals surface area contributed by atoms with Crippen LogP contribution in [0.2, 0.25) is 0 Å². The van der Waals surface area contributed by atoms with Crippen molar-refractivity contribution >= 4 is 46.0 Å². The number of nitrogens with zero attached hydrogens (tertiary/aromatic N) is 1. The van der Waals surface area contributed by atoms with Gasteiger partial charge in [0.15, 0.2) is 16.9 Å². The van der Waals surface area contributed by atoms with Gasteiger partial charge < -0.3 is 19.1 Å². The van der Waals surface area contributed by atoms with E-state index in [4.69, 9.17) is 16.3 Å². The average molecular weight is 402 g/mol. The summed E-state index contributed by atoms with van der Waals surface area (Å²) in [6, 6.07) is 0. The van der Waals surface area contributed by atoms with Crippen molar-refractivity contribution in [3.8, 4) is 0 Å². The highest BCUT2D eigenvalue weighted by Gasteiger charge is 2.17. The molecule has 0 bridgehead atoms. The molecule has 0 radical (unpaired) electrons. The highest BCUT2D eigenvalue weighted by atomic mass is 35.5. The van der Waals surface area contributed by atoms with E-state index in [0.717, 1.165) is 0 Å². The SMILES string of the molecule is CCC(=O)OCOC(=O)N(CCCC(P=O)P=O)CCOC(=O)Cl. The third-order valence-electron chi connectivity index (χ3n) is 2.66. The van der Waals surface area contributed by atoms with Gasteiger partial charge in [-0.25, -0.2) is 9.59 Å². The molecule has 0 atom stereocenters. The fraction of sp³-hybridized carbons (Fsp3) is 0.750. The van der Waals surface area contributed by atoms with Gasteiger partial charge in [0, 0.05) is 24.6 Å². The minimum atomic E-state index is -1.00. The van der Waals surface area contributed by atoms with Crippen molar-refractivity contribution in [3.05, 3.63) is 0 Å². The second-order valence-electron chi connectivity index (χ2n) is 4.30. The Bertz CT molecular complexity index is 443. The van der Waals surface area contributed by atoms with Crippen LogP contribution in [0.15, 0.2) is 0 Å². The van der Waals surface area contributed by atoms with Crippen LogP contribution in [0.5, 0.6) is 0 Å². The van der Waals surface area contributed by atoms with E-state index in [1.807, 2.05) is 0 Å². The van der Waals surface area contributed by atoms with Gasteiger partial charge in [0.25, 0.3) is 0 Å². The molecule has 0 spiro atoms. The number of carbonyl (C=O) groups excluding carboxylic acids is 3. The van der Waals surface area contributed by atoms with Crippen molar-refractivity contribution in [1.82, 2.24) is 4.90 Å². The maximum atomic E-state index is 11.9. The van der Waals surface area contributed by atoms with Crippen molar-refractivity contribution in [2.75, 3.05) is 26.5 Å². The Morgan fingerprint density at radius 1 is 1.08 bits per heavy atom. The summed E-state index contributed by atoms with van der Waals surface area (Å²) in [4.78, 5) is 34.6. The summed E-state index contributed by atoms with van der Waals surface area (Å²) in [5, 5.41) is -0.547. The van der Waals surface area contributed by atoms with E-state index < -0.39 is 29.7 Å². The van der Waals surface area contributed by atoms with Gasteiger partial charge in [-0.1, -0.05) is 6.92 Å². The molecule has 0 unspecified atom stereocenters. The Morgan fingerprint density at radius 3 is 2.29 bits per heavy atom. The van der Waals surface area contributed by atoms with Crippen LogP contribution in [0.25, 0.3) is 0 Å². The molecule has 1 amide bonds. The average Bonchev–Trinajstić information content (AvgIpc) is 2.56. The summed E-state index contributed by atoms with van der Waals surface area (Å²) in [7, 11) is -0.495. The Morgan fingerprint density at radius 2 is 1.75 bits per heavy atom. The zero-order valence-corrected chi connectivity index (χ0v) is 15.6. The van der Waals surface area contributed by atoms with Crippen LogP contribution >= 0.6 is 28.5 Å². The second kappa shape index (κ2) is 14.1. The van der Waals surface area contributed by atoms with Gasteiger partial charge in [-0.15, -0.1) is 0 Å². The summed E-state index contributed by atoms with van der Waals surface area (Å²) in [5.74, 6) is -0.517. The molecule has 0 N–H and O–H groups in total. The van der Waals surface area contributed by atoms with Crippen LogP contribution in [0, 0.1) is 0 Å². The molecule has 0 aliphatic carbocycles. The van der Waals surface area contributed by atoms with Crippen LogP contribution in [0.1, 0.15) is 26.2 Å². The number of ether oxygens (including phenoxy) is 3. The van der Waals surface area contributed by atoms with Gasteiger partial charge in [-0.05, 0) is 12.8 Å². The molecule has 0 heterocycles. The molecule has 0 fully saturated rings. The molecule has 0 rings (SSSR count). The molecule has 0 saturated heterocycles. The molecule has 0 aromatic carbocycles. The minimum Gasteiger partial charge on any atom is -0.452 e. The standard InChI is InChI=1S/C12H18ClNO8P2/c1-2-9(15)21-8-22-12(17)14(6-7-20-11(13)16)5-3-4-10(23-18)24-19/h10H,2-8H2,1H3. The topological polar surface area (TPSA) is 116 Å². The molecule has 0 aromatic rings. The van der Waals surface area contributed by atoms with Gasteiger partial charge in [-0.3, -0.25) is 13.9 Å². The lowest BCUT2D eigenvalue weighted by Gasteiger charge is -2.21. The number of hydrogen-bond donors (Lipinski definition) is 0. The van der Waals surface area contributed by atoms with Gasteiger partial charge >= 0.3 is 17.5 Å². The van der Waals surface area contributed by atoms with Gasteiger partial charge in [0.1, 0.15) is 12.0 Å². The number of esters is 1. The molecule has 0 aliphatic rings. The molecule has 0 saturated carbocycles. The number of halogens is 1. The first-order valence-corrected chi connectivity index (χ1v) is 9.13. The van der Waals surface area contributed by atoms with E-state index >= 15 is 0 Å². The molecule has 9 nitrogen and oxygen atoms in total. The predicted molar refractivity (Wildman–Crippen MR) is 84.7 cm³/mol. The highest BCUT2D eigenvalue weighted by molar-refractivity contribution is 7.44. The zero-order valence-electron chi connectivity index (χ0n) is 13.0. The molecule has 0 aliphatic heterocycles. The molecule has 0 aromatic heterocycles. The first-order chi connectivity index (χ1) is 11.4. The molecular weight excluding hydrogens is 384 g/mol. The van der Waals surface area contributed by atoms with E-state index in [9.17, 15) is 23.5 Å². The van der Waals surface area contributed by atoms with Gasteiger partial charge in [0.2, 0.25) is 6.79 Å². The Labute approximate surface area is 147 Å². The Hall–Kier alpha value is -1.30. The molecule has 136 valence electrons. The summed E-state index contributed by atoms with van der Waals surface area (Å²) in [6.07, 6.45) is 0.116. The van der Waals surface area contributed by atoms with Crippen LogP contribution in [0.3, 0.4) is 0 Å². The normalized spacial score (nSPS) is 11.8. The van der Waals surface area contributed by atoms with E-state index in [2.05, 4.69) is 9.47 Å². The van der Waals surface area contributed by atoms with Gasteiger partial charge in [-0.2, -0.15) is 0 Å². The van der Waals surface area contributed by atoms with Crippen molar-refractivity contribution in [2.24, 2.45) is 0 Å². The van der Waals surface area contributed by atoms with E-state index in [-0.39, 0.29) is 43.0 Å². The van der Waals surface area contributed by atoms with E-state index in [1.54, 1.807) is 6.92 Å². The lowest BCUT2D eigenvalue weighted by molar-refractivity contribution is -0.152. The fourth-order valence-corrected chi connectivity index (χ4v) is 2.27. The first-order valence-electron chi connectivity index (χ1n) is 6.99. The third-order valence-corrected chi connectivity index (χ3v) is 4.34. The van der Waals surface area contributed by atoms with Crippen molar-refractivity contribution < 1.29 is 37.7 Å². The van der Waals surface area contributed by atoms with Gasteiger partial charge in [0.05, 0.1) is 6.54 Å². The van der Waals surface area contributed by atoms with Crippen molar-refractivity contribution in [3.63, 3.8) is 0 Å². The van der Waals surface area contributed by atoms with Crippen LogP contribution in [0.4, 0.5) is 9.59 Å². The summed E-state index contributed by atoms with van der Waals surface area (Å²) in [5.41, 5.74) is -1.00. The lowest BCUT2D eigenvalue weighted by Crippen LogP contribution is -2.36. The quantitative estimate of drug-likeness (QED) is 0.211. The Kier molecular flexibility index (Phi) is 13.3. The fourth-order valence-electron chi connectivity index (χ4n) is 1.46. The summed E-state index contributed by atoms with van der Waals surface area (Å²) >= 11 is 5.03. The highest BCUT2D eigenvalue weighted by Crippen LogP contribution is 2.24. The lowest BCUT2D eigenvalue weighted by atomic mass is 10.3. The number of amides is 1. The Balaban J connectivity index is 4.40. The van der Waals surface area contributed by atoms with Crippen LogP contribution < -0.4 is 0 Å². The zero-order chi connectivity index (χ0) is 18.4. The number of hydrogen-bond acceptors (Lipinski definition) is 8.